The molecule has 1 aromatic rings. The minimum Gasteiger partial charge on any atom is -0.480 e. The summed E-state index contributed by atoms with van der Waals surface area (Å²) in [6, 6.07) is 7.21. The molecule has 22 heavy (non-hydrogen) atoms. The summed E-state index contributed by atoms with van der Waals surface area (Å²) in [5.74, 6) is -2.18. The molecule has 1 aromatic carbocycles. The highest BCUT2D eigenvalue weighted by molar-refractivity contribution is 6.13. The Hall–Kier alpha value is -2.63. The molecule has 0 saturated carbocycles. The van der Waals surface area contributed by atoms with Gasteiger partial charge in [-0.05, 0) is 19.1 Å². The second-order valence-electron chi connectivity index (χ2n) is 4.49. The van der Waals surface area contributed by atoms with E-state index in [1.165, 1.54) is 14.2 Å². The van der Waals surface area contributed by atoms with Crippen LogP contribution in [-0.2, 0) is 23.8 Å². The van der Waals surface area contributed by atoms with Crippen molar-refractivity contribution in [1.29, 1.82) is 0 Å². The molecular weight excluding hydrogens is 286 g/mol. The number of benzene rings is 1. The normalized spacial score (nSPS) is 16.6. The standard InChI is InChI=1S/C16H17NO5/c1-4-22-14-13(16(19)21-3)11(15(18)20-2)9-10-7-5-6-8-12(10)17-14/h5-9,13H,4H2,1-3H3/t13-/m1/s1. The third kappa shape index (κ3) is 3.00. The maximum absolute atomic E-state index is 12.2. The second kappa shape index (κ2) is 6.89. The van der Waals surface area contributed by atoms with Crippen LogP contribution in [0.2, 0.25) is 0 Å². The molecule has 0 amide bonds. The largest absolute Gasteiger partial charge is 0.480 e. The lowest BCUT2D eigenvalue weighted by Gasteiger charge is -2.17. The predicted molar refractivity (Wildman–Crippen MR) is 80.7 cm³/mol. The quantitative estimate of drug-likeness (QED) is 0.800. The zero-order chi connectivity index (χ0) is 16.1. The molecule has 2 rings (SSSR count). The van der Waals surface area contributed by atoms with E-state index in [2.05, 4.69) is 4.99 Å². The van der Waals surface area contributed by atoms with Gasteiger partial charge in [-0.15, -0.1) is 0 Å². The molecule has 116 valence electrons. The molecule has 0 aromatic heterocycles. The lowest BCUT2D eigenvalue weighted by atomic mass is 9.97. The first-order valence-corrected chi connectivity index (χ1v) is 6.80. The number of esters is 2. The molecule has 0 unspecified atom stereocenters. The van der Waals surface area contributed by atoms with Crippen LogP contribution < -0.4 is 0 Å². The number of para-hydroxylation sites is 1. The van der Waals surface area contributed by atoms with Crippen LogP contribution in [0, 0.1) is 5.92 Å². The number of methoxy groups -OCH3 is 2. The van der Waals surface area contributed by atoms with Crippen molar-refractivity contribution < 1.29 is 23.8 Å². The average Bonchev–Trinajstić information content (AvgIpc) is 2.70. The Morgan fingerprint density at radius 3 is 2.55 bits per heavy atom. The summed E-state index contributed by atoms with van der Waals surface area (Å²) in [6.07, 6.45) is 1.58. The minimum atomic E-state index is -1.05. The van der Waals surface area contributed by atoms with Gasteiger partial charge in [0.15, 0.2) is 5.92 Å². The van der Waals surface area contributed by atoms with Crippen LogP contribution in [0.25, 0.3) is 6.08 Å². The van der Waals surface area contributed by atoms with E-state index in [1.54, 1.807) is 25.1 Å². The van der Waals surface area contributed by atoms with Crippen molar-refractivity contribution in [2.75, 3.05) is 20.8 Å². The Kier molecular flexibility index (Phi) is 4.93. The first kappa shape index (κ1) is 15.8. The summed E-state index contributed by atoms with van der Waals surface area (Å²) in [5.41, 5.74) is 1.44. The molecule has 1 atom stereocenters. The Morgan fingerprint density at radius 1 is 1.18 bits per heavy atom. The maximum atomic E-state index is 12.2. The maximum Gasteiger partial charge on any atom is 0.335 e. The fourth-order valence-corrected chi connectivity index (χ4v) is 2.18. The predicted octanol–water partition coefficient (Wildman–Crippen LogP) is 2.11. The van der Waals surface area contributed by atoms with Crippen molar-refractivity contribution in [3.8, 4) is 0 Å². The Bertz CT molecular complexity index is 648. The molecule has 6 heteroatoms. The van der Waals surface area contributed by atoms with Gasteiger partial charge in [0.25, 0.3) is 0 Å². The first-order chi connectivity index (χ1) is 10.6. The summed E-state index contributed by atoms with van der Waals surface area (Å²) in [4.78, 5) is 28.6. The number of hydrogen-bond acceptors (Lipinski definition) is 6. The summed E-state index contributed by atoms with van der Waals surface area (Å²) in [5, 5.41) is 0. The van der Waals surface area contributed by atoms with Crippen LogP contribution >= 0.6 is 0 Å². The van der Waals surface area contributed by atoms with Crippen LogP contribution in [-0.4, -0.2) is 38.7 Å². The average molecular weight is 303 g/mol. The second-order valence-corrected chi connectivity index (χ2v) is 4.49. The van der Waals surface area contributed by atoms with Gasteiger partial charge in [-0.2, -0.15) is 0 Å². The van der Waals surface area contributed by atoms with Crippen LogP contribution in [0.15, 0.2) is 34.8 Å². The van der Waals surface area contributed by atoms with Gasteiger partial charge in [-0.1, -0.05) is 18.2 Å². The third-order valence-electron chi connectivity index (χ3n) is 3.19. The molecule has 0 saturated heterocycles. The van der Waals surface area contributed by atoms with Crippen LogP contribution in [0.4, 0.5) is 5.69 Å². The van der Waals surface area contributed by atoms with Crippen molar-refractivity contribution in [2.24, 2.45) is 10.9 Å². The van der Waals surface area contributed by atoms with E-state index in [0.717, 1.165) is 0 Å². The van der Waals surface area contributed by atoms with Gasteiger partial charge in [0.1, 0.15) is 0 Å². The minimum absolute atomic E-state index is 0.121. The number of rotatable bonds is 3. The number of fused-ring (bicyclic) bond motifs is 1. The van der Waals surface area contributed by atoms with Gasteiger partial charge in [0.2, 0.25) is 5.90 Å². The van der Waals surface area contributed by atoms with Gasteiger partial charge >= 0.3 is 11.9 Å². The molecule has 0 N–H and O–H groups in total. The highest BCUT2D eigenvalue weighted by atomic mass is 16.5. The Labute approximate surface area is 128 Å². The molecule has 0 fully saturated rings. The van der Waals surface area contributed by atoms with E-state index < -0.39 is 17.9 Å². The number of nitrogens with zero attached hydrogens (tertiary/aromatic N) is 1. The van der Waals surface area contributed by atoms with E-state index in [9.17, 15) is 9.59 Å². The topological polar surface area (TPSA) is 74.2 Å². The van der Waals surface area contributed by atoms with Gasteiger partial charge in [-0.3, -0.25) is 4.79 Å². The van der Waals surface area contributed by atoms with E-state index >= 15 is 0 Å². The summed E-state index contributed by atoms with van der Waals surface area (Å²) in [6.45, 7) is 2.08. The highest BCUT2D eigenvalue weighted by Gasteiger charge is 2.37. The first-order valence-electron chi connectivity index (χ1n) is 6.80. The van der Waals surface area contributed by atoms with Crippen LogP contribution in [0.3, 0.4) is 0 Å². The zero-order valence-electron chi connectivity index (χ0n) is 12.7. The zero-order valence-corrected chi connectivity index (χ0v) is 12.7. The SMILES string of the molecule is CCOC1=Nc2ccccc2C=C(C(=O)OC)[C@H]1C(=O)OC. The lowest BCUT2D eigenvalue weighted by Crippen LogP contribution is -2.32. The number of carbonyl (C=O) groups is 2. The van der Waals surface area contributed by atoms with Gasteiger partial charge in [-0.25, -0.2) is 9.79 Å². The fraction of sp³-hybridized carbons (Fsp3) is 0.312. The van der Waals surface area contributed by atoms with E-state index in [0.29, 0.717) is 17.9 Å². The number of hydrogen-bond donors (Lipinski definition) is 0. The van der Waals surface area contributed by atoms with Crippen LogP contribution in [0.1, 0.15) is 12.5 Å². The molecular formula is C16H17NO5. The molecule has 0 spiro atoms. The molecule has 0 aliphatic carbocycles. The lowest BCUT2D eigenvalue weighted by molar-refractivity contribution is -0.145. The van der Waals surface area contributed by atoms with E-state index in [-0.39, 0.29) is 11.5 Å². The summed E-state index contributed by atoms with van der Waals surface area (Å²) in [7, 11) is 2.50. The number of carbonyl (C=O) groups excluding carboxylic acids is 2. The van der Waals surface area contributed by atoms with Gasteiger partial charge in [0.05, 0.1) is 32.1 Å². The van der Waals surface area contributed by atoms with Crippen molar-refractivity contribution in [3.63, 3.8) is 0 Å². The molecule has 6 nitrogen and oxygen atoms in total. The molecule has 1 heterocycles. The number of ether oxygens (including phenoxy) is 3. The van der Waals surface area contributed by atoms with Crippen molar-refractivity contribution in [1.82, 2.24) is 0 Å². The summed E-state index contributed by atoms with van der Waals surface area (Å²) < 4.78 is 15.1. The molecule has 1 aliphatic heterocycles. The monoisotopic (exact) mass is 303 g/mol. The molecule has 1 aliphatic rings. The van der Waals surface area contributed by atoms with Crippen molar-refractivity contribution in [3.05, 3.63) is 35.4 Å². The third-order valence-corrected chi connectivity index (χ3v) is 3.19. The highest BCUT2D eigenvalue weighted by Crippen LogP contribution is 2.31. The smallest absolute Gasteiger partial charge is 0.335 e. The van der Waals surface area contributed by atoms with E-state index in [4.69, 9.17) is 14.2 Å². The van der Waals surface area contributed by atoms with E-state index in [1.807, 2.05) is 12.1 Å². The van der Waals surface area contributed by atoms with Crippen LogP contribution in [0.5, 0.6) is 0 Å². The van der Waals surface area contributed by atoms with Crippen molar-refractivity contribution in [2.45, 2.75) is 6.92 Å². The fourth-order valence-electron chi connectivity index (χ4n) is 2.18. The van der Waals surface area contributed by atoms with Gasteiger partial charge < -0.3 is 14.2 Å². The molecule has 0 radical (unpaired) electrons. The summed E-state index contributed by atoms with van der Waals surface area (Å²) >= 11 is 0. The Balaban J connectivity index is 2.66. The molecule has 0 bridgehead atoms. The number of aliphatic imine (C=N–C) groups is 1. The Morgan fingerprint density at radius 2 is 1.91 bits per heavy atom. The van der Waals surface area contributed by atoms with Crippen molar-refractivity contribution >= 4 is 29.6 Å². The van der Waals surface area contributed by atoms with Gasteiger partial charge in [0, 0.05) is 5.56 Å².